The Bertz CT molecular complexity index is 611. The maximum absolute atomic E-state index is 13.4. The van der Waals surface area contributed by atoms with E-state index in [0.29, 0.717) is 12.6 Å². The van der Waals surface area contributed by atoms with Crippen LogP contribution in [0.25, 0.3) is 0 Å². The Morgan fingerprint density at radius 3 is 2.60 bits per heavy atom. The Kier molecular flexibility index (Phi) is 4.03. The molecular formula is C16H15F2NS. The zero-order valence-electron chi connectivity index (χ0n) is 10.9. The van der Waals surface area contributed by atoms with Crippen molar-refractivity contribution in [1.29, 1.82) is 0 Å². The van der Waals surface area contributed by atoms with Crippen molar-refractivity contribution >= 4 is 11.8 Å². The molecular weight excluding hydrogens is 276 g/mol. The molecule has 0 spiro atoms. The van der Waals surface area contributed by atoms with Gasteiger partial charge >= 0.3 is 0 Å². The summed E-state index contributed by atoms with van der Waals surface area (Å²) < 4.78 is 26.6. The molecule has 0 aliphatic heterocycles. The van der Waals surface area contributed by atoms with Crippen LogP contribution < -0.4 is 5.32 Å². The Morgan fingerprint density at radius 1 is 1.05 bits per heavy atom. The summed E-state index contributed by atoms with van der Waals surface area (Å²) in [5.74, 6) is -0.490. The summed E-state index contributed by atoms with van der Waals surface area (Å²) in [6.07, 6.45) is 2.39. The van der Waals surface area contributed by atoms with E-state index in [1.54, 1.807) is 18.2 Å². The minimum atomic E-state index is -0.255. The fourth-order valence-corrected chi connectivity index (χ4v) is 2.96. The van der Waals surface area contributed by atoms with Crippen molar-refractivity contribution in [3.05, 3.63) is 59.7 Å². The Balaban J connectivity index is 1.79. The first-order chi connectivity index (χ1) is 9.70. The van der Waals surface area contributed by atoms with E-state index in [1.807, 2.05) is 6.07 Å². The predicted molar refractivity (Wildman–Crippen MR) is 76.8 cm³/mol. The molecule has 1 aliphatic rings. The van der Waals surface area contributed by atoms with Crippen molar-refractivity contribution in [2.24, 2.45) is 0 Å². The topological polar surface area (TPSA) is 12.0 Å². The van der Waals surface area contributed by atoms with E-state index >= 15 is 0 Å². The van der Waals surface area contributed by atoms with Gasteiger partial charge < -0.3 is 5.32 Å². The molecule has 4 heteroatoms. The number of hydrogen-bond donors (Lipinski definition) is 1. The van der Waals surface area contributed by atoms with E-state index < -0.39 is 0 Å². The second-order valence-electron chi connectivity index (χ2n) is 4.97. The summed E-state index contributed by atoms with van der Waals surface area (Å²) >= 11 is 1.46. The van der Waals surface area contributed by atoms with E-state index in [2.05, 4.69) is 5.32 Å². The maximum Gasteiger partial charge on any atom is 0.124 e. The molecule has 1 aliphatic carbocycles. The highest BCUT2D eigenvalue weighted by Gasteiger charge is 2.20. The van der Waals surface area contributed by atoms with Gasteiger partial charge in [0.25, 0.3) is 0 Å². The normalized spacial score (nSPS) is 14.5. The molecule has 0 radical (unpaired) electrons. The average Bonchev–Trinajstić information content (AvgIpc) is 3.23. The molecule has 1 saturated carbocycles. The lowest BCUT2D eigenvalue weighted by Gasteiger charge is -2.10. The van der Waals surface area contributed by atoms with E-state index in [-0.39, 0.29) is 11.6 Å². The summed E-state index contributed by atoms with van der Waals surface area (Å²) in [6, 6.07) is 11.8. The highest BCUT2D eigenvalue weighted by atomic mass is 32.2. The third kappa shape index (κ3) is 3.58. The van der Waals surface area contributed by atoms with Crippen LogP contribution in [0, 0.1) is 11.6 Å². The lowest BCUT2D eigenvalue weighted by molar-refractivity contribution is 0.615. The third-order valence-corrected chi connectivity index (χ3v) is 4.31. The molecule has 0 aromatic heterocycles. The van der Waals surface area contributed by atoms with Gasteiger partial charge in [-0.15, -0.1) is 0 Å². The van der Waals surface area contributed by atoms with Crippen LogP contribution in [0.4, 0.5) is 8.78 Å². The van der Waals surface area contributed by atoms with E-state index in [4.69, 9.17) is 0 Å². The quantitative estimate of drug-likeness (QED) is 0.878. The SMILES string of the molecule is Fc1cccc(Sc2ccc(F)cc2CNC2CC2)c1. The van der Waals surface area contributed by atoms with Crippen LogP contribution in [0.15, 0.2) is 52.3 Å². The molecule has 1 nitrogen and oxygen atoms in total. The molecule has 0 heterocycles. The van der Waals surface area contributed by atoms with Gasteiger partial charge in [-0.1, -0.05) is 17.8 Å². The molecule has 1 N–H and O–H groups in total. The predicted octanol–water partition coefficient (Wildman–Crippen LogP) is 4.37. The summed E-state index contributed by atoms with van der Waals surface area (Å²) in [5.41, 5.74) is 0.922. The fourth-order valence-electron chi connectivity index (χ4n) is 1.98. The van der Waals surface area contributed by atoms with Crippen molar-refractivity contribution in [2.45, 2.75) is 35.2 Å². The van der Waals surface area contributed by atoms with Gasteiger partial charge in [0, 0.05) is 22.4 Å². The summed E-state index contributed by atoms with van der Waals surface area (Å²) in [7, 11) is 0. The largest absolute Gasteiger partial charge is 0.310 e. The Hall–Kier alpha value is -1.39. The molecule has 2 aromatic carbocycles. The van der Waals surface area contributed by atoms with Crippen LogP contribution in [-0.4, -0.2) is 6.04 Å². The Labute approximate surface area is 121 Å². The molecule has 20 heavy (non-hydrogen) atoms. The first-order valence-electron chi connectivity index (χ1n) is 6.66. The summed E-state index contributed by atoms with van der Waals surface area (Å²) in [6.45, 7) is 0.653. The van der Waals surface area contributed by atoms with Gasteiger partial charge in [0.2, 0.25) is 0 Å². The maximum atomic E-state index is 13.4. The number of nitrogens with one attached hydrogen (secondary N) is 1. The fraction of sp³-hybridized carbons (Fsp3) is 0.250. The second kappa shape index (κ2) is 5.94. The monoisotopic (exact) mass is 291 g/mol. The second-order valence-corrected chi connectivity index (χ2v) is 6.08. The van der Waals surface area contributed by atoms with Crippen molar-refractivity contribution in [1.82, 2.24) is 5.32 Å². The van der Waals surface area contributed by atoms with Crippen LogP contribution in [0.1, 0.15) is 18.4 Å². The molecule has 0 unspecified atom stereocenters. The average molecular weight is 291 g/mol. The molecule has 1 fully saturated rings. The van der Waals surface area contributed by atoms with E-state index in [0.717, 1.165) is 15.4 Å². The zero-order valence-corrected chi connectivity index (χ0v) is 11.7. The lowest BCUT2D eigenvalue weighted by atomic mass is 10.2. The lowest BCUT2D eigenvalue weighted by Crippen LogP contribution is -2.15. The standard InChI is InChI=1S/C16H15F2NS/c17-12-2-1-3-15(9-12)20-16-7-4-13(18)8-11(16)10-19-14-5-6-14/h1-4,7-9,14,19H,5-6,10H2. The van der Waals surface area contributed by atoms with Gasteiger partial charge in [-0.25, -0.2) is 8.78 Å². The minimum Gasteiger partial charge on any atom is -0.310 e. The van der Waals surface area contributed by atoms with Gasteiger partial charge in [0.1, 0.15) is 11.6 Å². The van der Waals surface area contributed by atoms with Crippen LogP contribution in [-0.2, 0) is 6.54 Å². The number of hydrogen-bond acceptors (Lipinski definition) is 2. The van der Waals surface area contributed by atoms with Crippen LogP contribution in [0.2, 0.25) is 0 Å². The van der Waals surface area contributed by atoms with Crippen molar-refractivity contribution < 1.29 is 8.78 Å². The van der Waals surface area contributed by atoms with Gasteiger partial charge in [0.15, 0.2) is 0 Å². The first-order valence-corrected chi connectivity index (χ1v) is 7.47. The first kappa shape index (κ1) is 13.6. The van der Waals surface area contributed by atoms with Gasteiger partial charge in [-0.05, 0) is 54.8 Å². The van der Waals surface area contributed by atoms with Crippen LogP contribution >= 0.6 is 11.8 Å². The minimum absolute atomic E-state index is 0.235. The van der Waals surface area contributed by atoms with E-state index in [1.165, 1.54) is 42.8 Å². The van der Waals surface area contributed by atoms with E-state index in [9.17, 15) is 8.78 Å². The number of benzene rings is 2. The molecule has 0 bridgehead atoms. The van der Waals surface area contributed by atoms with Gasteiger partial charge in [-0.3, -0.25) is 0 Å². The van der Waals surface area contributed by atoms with Crippen LogP contribution in [0.5, 0.6) is 0 Å². The van der Waals surface area contributed by atoms with Crippen LogP contribution in [0.3, 0.4) is 0 Å². The number of halogens is 2. The smallest absolute Gasteiger partial charge is 0.124 e. The van der Waals surface area contributed by atoms with Crippen molar-refractivity contribution in [3.63, 3.8) is 0 Å². The summed E-state index contributed by atoms with van der Waals surface area (Å²) in [4.78, 5) is 1.79. The number of rotatable bonds is 5. The molecule has 0 amide bonds. The molecule has 0 atom stereocenters. The van der Waals surface area contributed by atoms with Gasteiger partial charge in [0.05, 0.1) is 0 Å². The van der Waals surface area contributed by atoms with Crippen molar-refractivity contribution in [2.75, 3.05) is 0 Å². The molecule has 2 aromatic rings. The third-order valence-electron chi connectivity index (χ3n) is 3.20. The summed E-state index contributed by atoms with van der Waals surface area (Å²) in [5, 5.41) is 3.38. The highest BCUT2D eigenvalue weighted by molar-refractivity contribution is 7.99. The van der Waals surface area contributed by atoms with Crippen molar-refractivity contribution in [3.8, 4) is 0 Å². The highest BCUT2D eigenvalue weighted by Crippen LogP contribution is 2.31. The molecule has 3 rings (SSSR count). The zero-order chi connectivity index (χ0) is 13.9. The Morgan fingerprint density at radius 2 is 1.85 bits per heavy atom. The molecule has 0 saturated heterocycles. The van der Waals surface area contributed by atoms with Gasteiger partial charge in [-0.2, -0.15) is 0 Å². The molecule has 104 valence electrons.